The molecule has 5 nitrogen and oxygen atoms in total. The van der Waals surface area contributed by atoms with Crippen LogP contribution in [0.1, 0.15) is 12.5 Å². The standard InChI is InChI=1S/C12H13Cl2N5S/c1-2-15-12(20)17-11-16-7-19(18-11)6-8-9(13)4-3-5-10(8)14/h3-5,7H,2,6H2,1H3,(H2,15,17,18,20). The predicted molar refractivity (Wildman–Crippen MR) is 85.5 cm³/mol. The second kappa shape index (κ2) is 6.88. The molecule has 0 saturated heterocycles. The van der Waals surface area contributed by atoms with Crippen molar-refractivity contribution >= 4 is 46.5 Å². The lowest BCUT2D eigenvalue weighted by atomic mass is 10.2. The molecule has 0 atom stereocenters. The first-order valence-corrected chi connectivity index (χ1v) is 7.13. The highest BCUT2D eigenvalue weighted by atomic mass is 35.5. The molecule has 0 spiro atoms. The van der Waals surface area contributed by atoms with E-state index in [0.29, 0.717) is 27.7 Å². The molecule has 20 heavy (non-hydrogen) atoms. The summed E-state index contributed by atoms with van der Waals surface area (Å²) < 4.78 is 1.64. The van der Waals surface area contributed by atoms with Gasteiger partial charge in [-0.05, 0) is 31.3 Å². The van der Waals surface area contributed by atoms with E-state index in [1.54, 1.807) is 29.2 Å². The smallest absolute Gasteiger partial charge is 0.248 e. The van der Waals surface area contributed by atoms with E-state index in [2.05, 4.69) is 20.7 Å². The molecule has 0 aliphatic carbocycles. The maximum Gasteiger partial charge on any atom is 0.248 e. The SMILES string of the molecule is CCNC(=S)Nc1ncn(Cc2c(Cl)cccc2Cl)n1. The zero-order chi connectivity index (χ0) is 14.5. The second-order valence-corrected chi connectivity index (χ2v) is 5.17. The maximum atomic E-state index is 6.12. The normalized spacial score (nSPS) is 10.3. The van der Waals surface area contributed by atoms with E-state index in [-0.39, 0.29) is 0 Å². The Morgan fingerprint density at radius 2 is 2.05 bits per heavy atom. The van der Waals surface area contributed by atoms with Crippen molar-refractivity contribution in [2.45, 2.75) is 13.5 Å². The monoisotopic (exact) mass is 329 g/mol. The maximum absolute atomic E-state index is 6.12. The Morgan fingerprint density at radius 1 is 1.35 bits per heavy atom. The number of anilines is 1. The molecule has 1 heterocycles. The molecule has 106 valence electrons. The van der Waals surface area contributed by atoms with Gasteiger partial charge >= 0.3 is 0 Å². The van der Waals surface area contributed by atoms with E-state index in [9.17, 15) is 0 Å². The van der Waals surface area contributed by atoms with Crippen LogP contribution >= 0.6 is 35.4 Å². The highest BCUT2D eigenvalue weighted by Crippen LogP contribution is 2.24. The Kier molecular flexibility index (Phi) is 5.17. The summed E-state index contributed by atoms with van der Waals surface area (Å²) in [6, 6.07) is 5.38. The van der Waals surface area contributed by atoms with E-state index < -0.39 is 0 Å². The average molecular weight is 330 g/mol. The summed E-state index contributed by atoms with van der Waals surface area (Å²) in [6.45, 7) is 3.14. The van der Waals surface area contributed by atoms with Gasteiger partial charge in [-0.2, -0.15) is 0 Å². The van der Waals surface area contributed by atoms with Gasteiger partial charge < -0.3 is 5.32 Å². The summed E-state index contributed by atoms with van der Waals surface area (Å²) in [5.74, 6) is 0.430. The number of halogens is 2. The Labute approximate surface area is 132 Å². The van der Waals surface area contributed by atoms with Gasteiger partial charge in [-0.1, -0.05) is 29.3 Å². The molecule has 2 aromatic rings. The molecule has 0 bridgehead atoms. The van der Waals surface area contributed by atoms with E-state index in [4.69, 9.17) is 35.4 Å². The number of hydrogen-bond donors (Lipinski definition) is 2. The zero-order valence-corrected chi connectivity index (χ0v) is 13.1. The van der Waals surface area contributed by atoms with Gasteiger partial charge in [0.2, 0.25) is 5.95 Å². The zero-order valence-electron chi connectivity index (χ0n) is 10.7. The van der Waals surface area contributed by atoms with Crippen molar-refractivity contribution < 1.29 is 0 Å². The van der Waals surface area contributed by atoms with Crippen LogP contribution in [0.2, 0.25) is 10.0 Å². The Hall–Kier alpha value is -1.37. The number of nitrogens with one attached hydrogen (secondary N) is 2. The molecule has 1 aromatic heterocycles. The van der Waals surface area contributed by atoms with Crippen molar-refractivity contribution in [3.63, 3.8) is 0 Å². The van der Waals surface area contributed by atoms with Crippen LogP contribution < -0.4 is 10.6 Å². The Morgan fingerprint density at radius 3 is 2.70 bits per heavy atom. The first-order chi connectivity index (χ1) is 9.60. The van der Waals surface area contributed by atoms with Gasteiger partial charge in [0.1, 0.15) is 6.33 Å². The van der Waals surface area contributed by atoms with Crippen LogP contribution in [0.25, 0.3) is 0 Å². The van der Waals surface area contributed by atoms with Crippen molar-refractivity contribution in [2.24, 2.45) is 0 Å². The first kappa shape index (κ1) is 15.0. The number of nitrogens with zero attached hydrogens (tertiary/aromatic N) is 3. The summed E-state index contributed by atoms with van der Waals surface area (Å²) in [7, 11) is 0. The summed E-state index contributed by atoms with van der Waals surface area (Å²) in [5.41, 5.74) is 0.807. The number of benzene rings is 1. The summed E-state index contributed by atoms with van der Waals surface area (Å²) in [4.78, 5) is 4.12. The minimum absolute atomic E-state index is 0.430. The van der Waals surface area contributed by atoms with Crippen molar-refractivity contribution in [2.75, 3.05) is 11.9 Å². The van der Waals surface area contributed by atoms with Crippen LogP contribution in [0.4, 0.5) is 5.95 Å². The predicted octanol–water partition coefficient (Wildman–Crippen LogP) is 2.94. The van der Waals surface area contributed by atoms with Gasteiger partial charge in [-0.3, -0.25) is 5.32 Å². The molecule has 0 unspecified atom stereocenters. The molecular formula is C12H13Cl2N5S. The van der Waals surface area contributed by atoms with Crippen LogP contribution in [0.3, 0.4) is 0 Å². The van der Waals surface area contributed by atoms with Crippen LogP contribution in [0, 0.1) is 0 Å². The van der Waals surface area contributed by atoms with Gasteiger partial charge in [-0.25, -0.2) is 9.67 Å². The first-order valence-electron chi connectivity index (χ1n) is 5.97. The second-order valence-electron chi connectivity index (χ2n) is 3.95. The molecule has 2 rings (SSSR count). The minimum atomic E-state index is 0.430. The number of thiocarbonyl (C=S) groups is 1. The van der Waals surface area contributed by atoms with Gasteiger partial charge in [0, 0.05) is 22.2 Å². The van der Waals surface area contributed by atoms with Crippen molar-refractivity contribution in [1.82, 2.24) is 20.1 Å². The molecule has 0 saturated carbocycles. The topological polar surface area (TPSA) is 54.8 Å². The van der Waals surface area contributed by atoms with Gasteiger partial charge in [0.25, 0.3) is 0 Å². The van der Waals surface area contributed by atoms with Crippen LogP contribution in [0.5, 0.6) is 0 Å². The summed E-state index contributed by atoms with van der Waals surface area (Å²) >= 11 is 17.3. The number of aromatic nitrogens is 3. The van der Waals surface area contributed by atoms with Gasteiger partial charge in [0.15, 0.2) is 5.11 Å². The third-order valence-corrected chi connectivity index (χ3v) is 3.44. The molecule has 0 fully saturated rings. The molecular weight excluding hydrogens is 317 g/mol. The summed E-state index contributed by atoms with van der Waals surface area (Å²) in [6.07, 6.45) is 1.59. The lowest BCUT2D eigenvalue weighted by molar-refractivity contribution is 0.687. The highest BCUT2D eigenvalue weighted by Gasteiger charge is 2.08. The van der Waals surface area contributed by atoms with Crippen molar-refractivity contribution in [1.29, 1.82) is 0 Å². The molecule has 0 amide bonds. The quantitative estimate of drug-likeness (QED) is 0.844. The minimum Gasteiger partial charge on any atom is -0.363 e. The molecule has 0 aliphatic heterocycles. The summed E-state index contributed by atoms with van der Waals surface area (Å²) in [5, 5.41) is 11.8. The fourth-order valence-electron chi connectivity index (χ4n) is 1.58. The molecule has 1 aromatic carbocycles. The lowest BCUT2D eigenvalue weighted by Gasteiger charge is -2.06. The average Bonchev–Trinajstić information content (AvgIpc) is 2.82. The van der Waals surface area contributed by atoms with E-state index in [1.165, 1.54) is 0 Å². The van der Waals surface area contributed by atoms with Crippen LogP contribution in [-0.2, 0) is 6.54 Å². The molecule has 8 heteroatoms. The van der Waals surface area contributed by atoms with Crippen LogP contribution in [-0.4, -0.2) is 26.4 Å². The molecule has 0 aliphatic rings. The fraction of sp³-hybridized carbons (Fsp3) is 0.250. The Balaban J connectivity index is 2.08. The molecule has 2 N–H and O–H groups in total. The fourth-order valence-corrected chi connectivity index (χ4v) is 2.33. The van der Waals surface area contributed by atoms with Crippen molar-refractivity contribution in [3.05, 3.63) is 40.1 Å². The van der Waals surface area contributed by atoms with Crippen LogP contribution in [0.15, 0.2) is 24.5 Å². The van der Waals surface area contributed by atoms with E-state index in [1.807, 2.05) is 6.92 Å². The number of hydrogen-bond acceptors (Lipinski definition) is 3. The third-order valence-electron chi connectivity index (χ3n) is 2.48. The third kappa shape index (κ3) is 3.82. The number of rotatable bonds is 4. The lowest BCUT2D eigenvalue weighted by Crippen LogP contribution is -2.28. The van der Waals surface area contributed by atoms with E-state index >= 15 is 0 Å². The Bertz CT molecular complexity index is 593. The van der Waals surface area contributed by atoms with Gasteiger partial charge in [-0.15, -0.1) is 5.10 Å². The molecule has 0 radical (unpaired) electrons. The van der Waals surface area contributed by atoms with Gasteiger partial charge in [0.05, 0.1) is 6.54 Å². The van der Waals surface area contributed by atoms with Crippen molar-refractivity contribution in [3.8, 4) is 0 Å². The van der Waals surface area contributed by atoms with E-state index in [0.717, 1.165) is 12.1 Å². The highest BCUT2D eigenvalue weighted by molar-refractivity contribution is 7.80. The largest absolute Gasteiger partial charge is 0.363 e.